The molecule has 1 nitrogen and oxygen atoms in total. The molecule has 1 rings (SSSR count). The Morgan fingerprint density at radius 1 is 1.45 bits per heavy atom. The standard InChI is InChI=1S/C10H19O/c1-3-5-9-6-4-7-10(8-9)11-2/h9-10H,1,3-8H2,2H3. The first-order chi connectivity index (χ1) is 5.36. The summed E-state index contributed by atoms with van der Waals surface area (Å²) in [7, 11) is 1.83. The summed E-state index contributed by atoms with van der Waals surface area (Å²) in [5.74, 6) is 0.895. The molecule has 0 aromatic rings. The maximum atomic E-state index is 5.35. The number of ether oxygens (including phenoxy) is 1. The van der Waals surface area contributed by atoms with E-state index in [-0.39, 0.29) is 0 Å². The molecule has 0 aliphatic heterocycles. The van der Waals surface area contributed by atoms with Gasteiger partial charge in [-0.3, -0.25) is 0 Å². The number of rotatable bonds is 3. The van der Waals surface area contributed by atoms with Gasteiger partial charge in [0.2, 0.25) is 0 Å². The molecule has 1 heteroatoms. The molecule has 11 heavy (non-hydrogen) atoms. The van der Waals surface area contributed by atoms with Crippen LogP contribution in [-0.4, -0.2) is 13.2 Å². The highest BCUT2D eigenvalue weighted by Gasteiger charge is 2.20. The van der Waals surface area contributed by atoms with Crippen molar-refractivity contribution in [2.75, 3.05) is 7.11 Å². The molecule has 1 radical (unpaired) electrons. The molecule has 1 saturated carbocycles. The summed E-state index contributed by atoms with van der Waals surface area (Å²) in [5, 5.41) is 0. The highest BCUT2D eigenvalue weighted by Crippen LogP contribution is 2.28. The van der Waals surface area contributed by atoms with E-state index in [1.165, 1.54) is 32.1 Å². The summed E-state index contributed by atoms with van der Waals surface area (Å²) in [5.41, 5.74) is 0. The van der Waals surface area contributed by atoms with Gasteiger partial charge < -0.3 is 4.74 Å². The van der Waals surface area contributed by atoms with E-state index in [9.17, 15) is 0 Å². The van der Waals surface area contributed by atoms with E-state index in [2.05, 4.69) is 6.92 Å². The fourth-order valence-electron chi connectivity index (χ4n) is 2.01. The van der Waals surface area contributed by atoms with Crippen molar-refractivity contribution >= 4 is 0 Å². The first kappa shape index (κ1) is 9.05. The molecular formula is C10H19O. The molecule has 2 atom stereocenters. The van der Waals surface area contributed by atoms with Crippen LogP contribution in [0, 0.1) is 12.8 Å². The Morgan fingerprint density at radius 3 is 2.91 bits per heavy atom. The van der Waals surface area contributed by atoms with Crippen LogP contribution >= 0.6 is 0 Å². The van der Waals surface area contributed by atoms with Gasteiger partial charge in [-0.25, -0.2) is 0 Å². The van der Waals surface area contributed by atoms with E-state index in [4.69, 9.17) is 4.74 Å². The van der Waals surface area contributed by atoms with Gasteiger partial charge in [0.1, 0.15) is 0 Å². The van der Waals surface area contributed by atoms with Crippen molar-refractivity contribution in [3.63, 3.8) is 0 Å². The molecule has 0 N–H and O–H groups in total. The maximum Gasteiger partial charge on any atom is 0.0574 e. The molecule has 1 aliphatic rings. The lowest BCUT2D eigenvalue weighted by molar-refractivity contribution is 0.0492. The molecule has 0 aromatic heterocycles. The van der Waals surface area contributed by atoms with Crippen LogP contribution in [0.1, 0.15) is 38.5 Å². The van der Waals surface area contributed by atoms with E-state index < -0.39 is 0 Å². The predicted octanol–water partition coefficient (Wildman–Crippen LogP) is 2.81. The van der Waals surface area contributed by atoms with E-state index in [1.807, 2.05) is 7.11 Å². The predicted molar refractivity (Wildman–Crippen MR) is 47.3 cm³/mol. The zero-order chi connectivity index (χ0) is 8.10. The summed E-state index contributed by atoms with van der Waals surface area (Å²) in [6.45, 7) is 3.89. The van der Waals surface area contributed by atoms with Crippen molar-refractivity contribution in [3.8, 4) is 0 Å². The average molecular weight is 155 g/mol. The minimum atomic E-state index is 0.542. The molecule has 0 spiro atoms. The Hall–Kier alpha value is -0.0400. The van der Waals surface area contributed by atoms with Crippen molar-refractivity contribution in [2.45, 2.75) is 44.6 Å². The molecule has 1 fully saturated rings. The fraction of sp³-hybridized carbons (Fsp3) is 0.900. The third-order valence-corrected chi connectivity index (χ3v) is 2.68. The van der Waals surface area contributed by atoms with Gasteiger partial charge >= 0.3 is 0 Å². The van der Waals surface area contributed by atoms with Crippen molar-refractivity contribution < 1.29 is 4.74 Å². The molecule has 0 amide bonds. The van der Waals surface area contributed by atoms with E-state index in [1.54, 1.807) is 0 Å². The molecule has 65 valence electrons. The molecule has 0 saturated heterocycles. The van der Waals surface area contributed by atoms with Crippen LogP contribution in [0.3, 0.4) is 0 Å². The van der Waals surface area contributed by atoms with Gasteiger partial charge in [-0.15, -0.1) is 0 Å². The fourth-order valence-corrected chi connectivity index (χ4v) is 2.01. The van der Waals surface area contributed by atoms with Crippen LogP contribution in [-0.2, 0) is 4.74 Å². The second-order valence-corrected chi connectivity index (χ2v) is 3.53. The highest BCUT2D eigenvalue weighted by atomic mass is 16.5. The Bertz CT molecular complexity index is 99.0. The third-order valence-electron chi connectivity index (χ3n) is 2.68. The smallest absolute Gasteiger partial charge is 0.0574 e. The quantitative estimate of drug-likeness (QED) is 0.609. The summed E-state index contributed by atoms with van der Waals surface area (Å²) in [4.78, 5) is 0. The lowest BCUT2D eigenvalue weighted by Gasteiger charge is -2.27. The van der Waals surface area contributed by atoms with Crippen LogP contribution in [0.15, 0.2) is 0 Å². The van der Waals surface area contributed by atoms with Gasteiger partial charge in [0.05, 0.1) is 6.10 Å². The van der Waals surface area contributed by atoms with Crippen molar-refractivity contribution in [2.24, 2.45) is 5.92 Å². The normalized spacial score (nSPS) is 32.2. The summed E-state index contributed by atoms with van der Waals surface area (Å²) in [6.07, 6.45) is 8.20. The SMILES string of the molecule is [CH2]CCC1CCCC(OC)C1. The van der Waals surface area contributed by atoms with E-state index >= 15 is 0 Å². The Kier molecular flexibility index (Phi) is 3.92. The van der Waals surface area contributed by atoms with Crippen molar-refractivity contribution in [1.29, 1.82) is 0 Å². The van der Waals surface area contributed by atoms with Gasteiger partial charge in [0, 0.05) is 7.11 Å². The van der Waals surface area contributed by atoms with E-state index in [0.717, 1.165) is 12.3 Å². The largest absolute Gasteiger partial charge is 0.381 e. The second-order valence-electron chi connectivity index (χ2n) is 3.53. The zero-order valence-corrected chi connectivity index (χ0v) is 7.51. The lowest BCUT2D eigenvalue weighted by atomic mass is 9.84. The minimum Gasteiger partial charge on any atom is -0.381 e. The monoisotopic (exact) mass is 155 g/mol. The lowest BCUT2D eigenvalue weighted by Crippen LogP contribution is -2.21. The van der Waals surface area contributed by atoms with Gasteiger partial charge in [-0.2, -0.15) is 0 Å². The molecule has 0 heterocycles. The van der Waals surface area contributed by atoms with Gasteiger partial charge in [-0.1, -0.05) is 32.6 Å². The molecule has 1 aliphatic carbocycles. The first-order valence-corrected chi connectivity index (χ1v) is 4.69. The molecular weight excluding hydrogens is 136 g/mol. The van der Waals surface area contributed by atoms with Gasteiger partial charge in [-0.05, 0) is 18.8 Å². The van der Waals surface area contributed by atoms with Gasteiger partial charge in [0.25, 0.3) is 0 Å². The highest BCUT2D eigenvalue weighted by molar-refractivity contribution is 4.73. The summed E-state index contributed by atoms with van der Waals surface area (Å²) in [6, 6.07) is 0. The minimum absolute atomic E-state index is 0.542. The maximum absolute atomic E-state index is 5.35. The van der Waals surface area contributed by atoms with Crippen LogP contribution in [0.4, 0.5) is 0 Å². The molecule has 0 bridgehead atoms. The number of methoxy groups -OCH3 is 1. The van der Waals surface area contributed by atoms with Crippen molar-refractivity contribution in [3.05, 3.63) is 6.92 Å². The van der Waals surface area contributed by atoms with Crippen LogP contribution in [0.2, 0.25) is 0 Å². The second kappa shape index (κ2) is 4.76. The third kappa shape index (κ3) is 2.82. The zero-order valence-electron chi connectivity index (χ0n) is 7.51. The average Bonchev–Trinajstić information content (AvgIpc) is 2.06. The summed E-state index contributed by atoms with van der Waals surface area (Å²) < 4.78 is 5.35. The van der Waals surface area contributed by atoms with E-state index in [0.29, 0.717) is 6.10 Å². The number of hydrogen-bond acceptors (Lipinski definition) is 1. The van der Waals surface area contributed by atoms with Crippen LogP contribution in [0.5, 0.6) is 0 Å². The van der Waals surface area contributed by atoms with Crippen molar-refractivity contribution in [1.82, 2.24) is 0 Å². The Morgan fingerprint density at radius 2 is 2.27 bits per heavy atom. The molecule has 0 aromatic carbocycles. The Balaban J connectivity index is 2.21. The topological polar surface area (TPSA) is 9.23 Å². The summed E-state index contributed by atoms with van der Waals surface area (Å²) >= 11 is 0. The van der Waals surface area contributed by atoms with Crippen LogP contribution < -0.4 is 0 Å². The van der Waals surface area contributed by atoms with Crippen LogP contribution in [0.25, 0.3) is 0 Å². The molecule has 2 unspecified atom stereocenters. The first-order valence-electron chi connectivity index (χ1n) is 4.69. The number of hydrogen-bond donors (Lipinski definition) is 0. The Labute approximate surface area is 70.1 Å². The van der Waals surface area contributed by atoms with Gasteiger partial charge in [0.15, 0.2) is 0 Å².